The number of benzene rings is 6. The van der Waals surface area contributed by atoms with Gasteiger partial charge in [-0.3, -0.25) is 0 Å². The lowest BCUT2D eigenvalue weighted by Crippen LogP contribution is -1.86. The van der Waals surface area contributed by atoms with Gasteiger partial charge in [0.2, 0.25) is 0 Å². The van der Waals surface area contributed by atoms with Crippen molar-refractivity contribution in [3.63, 3.8) is 0 Å². The predicted octanol–water partition coefficient (Wildman–Crippen LogP) is 10.8. The van der Waals surface area contributed by atoms with E-state index in [2.05, 4.69) is 140 Å². The molecular weight excluding hydrogens is 497 g/mol. The summed E-state index contributed by atoms with van der Waals surface area (Å²) in [4.78, 5) is 4.34. The zero-order valence-electron chi connectivity index (χ0n) is 20.6. The zero-order valence-corrected chi connectivity index (χ0v) is 22.3. The quantitative estimate of drug-likeness (QED) is 0.220. The van der Waals surface area contributed by atoms with Crippen LogP contribution >= 0.6 is 22.2 Å². The van der Waals surface area contributed by atoms with Gasteiger partial charge in [0.1, 0.15) is 0 Å². The molecule has 0 radical (unpaired) electrons. The van der Waals surface area contributed by atoms with Crippen LogP contribution in [0.5, 0.6) is 0 Å². The van der Waals surface area contributed by atoms with Gasteiger partial charge in [0.15, 0.2) is 0 Å². The third kappa shape index (κ3) is 3.38. The molecule has 2 heterocycles. The van der Waals surface area contributed by atoms with Gasteiger partial charge in [0, 0.05) is 30.0 Å². The lowest BCUT2D eigenvalue weighted by molar-refractivity contribution is 1.39. The van der Waals surface area contributed by atoms with E-state index in [0.29, 0.717) is 0 Å². The number of hydrogen-bond donors (Lipinski definition) is 1. The second kappa shape index (κ2) is 8.73. The first-order chi connectivity index (χ1) is 18.8. The van der Waals surface area contributed by atoms with E-state index in [1.54, 1.807) is 0 Å². The maximum atomic E-state index is 2.42. The molecule has 0 unspecified atom stereocenters. The van der Waals surface area contributed by atoms with Crippen LogP contribution in [0.15, 0.2) is 154 Å². The minimum Gasteiger partial charge on any atom is -0.172 e. The second-order valence-corrected chi connectivity index (χ2v) is 13.0. The third-order valence-corrected chi connectivity index (χ3v) is 11.4. The van der Waals surface area contributed by atoms with E-state index < -0.39 is 10.9 Å². The molecule has 8 rings (SSSR count). The number of thiophene rings is 1. The van der Waals surface area contributed by atoms with Gasteiger partial charge in [0.05, 0.1) is 0 Å². The van der Waals surface area contributed by atoms with Crippen molar-refractivity contribution < 1.29 is 0 Å². The van der Waals surface area contributed by atoms with E-state index >= 15 is 0 Å². The highest BCUT2D eigenvalue weighted by atomic mass is 32.2. The maximum Gasteiger partial charge on any atom is 0.0433 e. The Labute approximate surface area is 229 Å². The van der Waals surface area contributed by atoms with Gasteiger partial charge >= 0.3 is 0 Å². The normalized spacial score (nSPS) is 13.1. The standard InChI is InChI=1S/C36H24S2/c1-4-19-33-29(14-1)32-18-9-17-28(36(32)37-33)26-12-7-10-24(22-26)25-11-8-13-27(23-25)38-34-20-5-2-15-30(34)31-16-3-6-21-35(31)38/h1-23,38H. The molecule has 7 aromatic rings. The fraction of sp³-hybridized carbons (Fsp3) is 0. The molecule has 1 aliphatic heterocycles. The number of thiol groups is 1. The smallest absolute Gasteiger partial charge is 0.0433 e. The molecule has 0 nitrogen and oxygen atoms in total. The third-order valence-electron chi connectivity index (χ3n) is 7.60. The van der Waals surface area contributed by atoms with Gasteiger partial charge in [0.25, 0.3) is 0 Å². The monoisotopic (exact) mass is 520 g/mol. The molecule has 0 spiro atoms. The fourth-order valence-electron chi connectivity index (χ4n) is 5.87. The summed E-state index contributed by atoms with van der Waals surface area (Å²) in [6.07, 6.45) is 0. The van der Waals surface area contributed by atoms with Crippen LogP contribution in [-0.4, -0.2) is 0 Å². The van der Waals surface area contributed by atoms with E-state index in [4.69, 9.17) is 0 Å². The highest BCUT2D eigenvalue weighted by Crippen LogP contribution is 2.62. The van der Waals surface area contributed by atoms with Gasteiger partial charge < -0.3 is 0 Å². The fourth-order valence-corrected chi connectivity index (χ4v) is 9.77. The minimum absolute atomic E-state index is 0.564. The first kappa shape index (κ1) is 21.9. The molecule has 0 amide bonds. The topological polar surface area (TPSA) is 0 Å². The molecule has 0 N–H and O–H groups in total. The van der Waals surface area contributed by atoms with Crippen LogP contribution in [0.25, 0.3) is 53.6 Å². The Morgan fingerprint density at radius 1 is 0.421 bits per heavy atom. The van der Waals surface area contributed by atoms with Crippen molar-refractivity contribution in [1.29, 1.82) is 0 Å². The minimum atomic E-state index is -0.564. The summed E-state index contributed by atoms with van der Waals surface area (Å²) in [5.41, 5.74) is 7.89. The van der Waals surface area contributed by atoms with E-state index in [9.17, 15) is 0 Å². The highest BCUT2D eigenvalue weighted by molar-refractivity contribution is 8.17. The van der Waals surface area contributed by atoms with Gasteiger partial charge in [-0.05, 0) is 74.7 Å². The number of hydrogen-bond acceptors (Lipinski definition) is 1. The van der Waals surface area contributed by atoms with E-state index in [-0.39, 0.29) is 0 Å². The molecule has 0 atom stereocenters. The largest absolute Gasteiger partial charge is 0.172 e. The van der Waals surface area contributed by atoms with Crippen molar-refractivity contribution in [3.8, 4) is 33.4 Å². The van der Waals surface area contributed by atoms with Gasteiger partial charge in [-0.15, -0.1) is 11.3 Å². The first-order valence-electron chi connectivity index (χ1n) is 12.9. The molecular formula is C36H24S2. The van der Waals surface area contributed by atoms with E-state index in [0.717, 1.165) is 0 Å². The van der Waals surface area contributed by atoms with Gasteiger partial charge in [-0.1, -0.05) is 103 Å². The zero-order chi connectivity index (χ0) is 25.1. The lowest BCUT2D eigenvalue weighted by atomic mass is 9.98. The van der Waals surface area contributed by atoms with Crippen molar-refractivity contribution in [2.75, 3.05) is 0 Å². The van der Waals surface area contributed by atoms with Crippen LogP contribution in [0.3, 0.4) is 0 Å². The van der Waals surface area contributed by atoms with Crippen molar-refractivity contribution in [3.05, 3.63) is 140 Å². The molecule has 0 saturated heterocycles. The Morgan fingerprint density at radius 2 is 1.00 bits per heavy atom. The average Bonchev–Trinajstić information content (AvgIpc) is 3.53. The van der Waals surface area contributed by atoms with Gasteiger partial charge in [-0.2, -0.15) is 10.9 Å². The molecule has 180 valence electrons. The Bertz CT molecular complexity index is 1950. The average molecular weight is 521 g/mol. The van der Waals surface area contributed by atoms with Gasteiger partial charge in [-0.25, -0.2) is 0 Å². The second-order valence-electron chi connectivity index (χ2n) is 9.78. The lowest BCUT2D eigenvalue weighted by Gasteiger charge is -2.20. The van der Waals surface area contributed by atoms with Crippen LogP contribution in [0.2, 0.25) is 0 Å². The van der Waals surface area contributed by atoms with Crippen LogP contribution in [0, 0.1) is 0 Å². The molecule has 6 aromatic carbocycles. The molecule has 0 fully saturated rings. The maximum absolute atomic E-state index is 2.42. The summed E-state index contributed by atoms with van der Waals surface area (Å²) < 4.78 is 2.71. The number of rotatable bonds is 3. The van der Waals surface area contributed by atoms with Crippen LogP contribution in [-0.2, 0) is 0 Å². The molecule has 2 heteroatoms. The summed E-state index contributed by atoms with van der Waals surface area (Å²) in [6.45, 7) is 0. The molecule has 0 saturated carbocycles. The molecule has 1 aromatic heterocycles. The van der Waals surface area contributed by atoms with Crippen molar-refractivity contribution in [2.45, 2.75) is 14.7 Å². The summed E-state index contributed by atoms with van der Waals surface area (Å²) >= 11 is 1.89. The summed E-state index contributed by atoms with van der Waals surface area (Å²) in [7, 11) is -0.564. The molecule has 0 aliphatic carbocycles. The van der Waals surface area contributed by atoms with E-state index in [1.807, 2.05) is 11.3 Å². The SMILES string of the molecule is c1cc(-c2cccc([SH]3c4ccccc4-c4ccccc43)c2)cc(-c2cccc3c2sc2ccccc23)c1. The Kier molecular flexibility index (Phi) is 5.04. The Balaban J connectivity index is 1.24. The Hall–Kier alpha value is -4.11. The van der Waals surface area contributed by atoms with Crippen molar-refractivity contribution >= 4 is 42.4 Å². The van der Waals surface area contributed by atoms with Crippen LogP contribution < -0.4 is 0 Å². The number of fused-ring (bicyclic) bond motifs is 6. The summed E-state index contributed by atoms with van der Waals surface area (Å²) in [5.74, 6) is 0. The highest BCUT2D eigenvalue weighted by Gasteiger charge is 2.26. The molecule has 1 aliphatic rings. The molecule has 38 heavy (non-hydrogen) atoms. The Morgan fingerprint density at radius 3 is 1.82 bits per heavy atom. The van der Waals surface area contributed by atoms with Crippen LogP contribution in [0.4, 0.5) is 0 Å². The summed E-state index contributed by atoms with van der Waals surface area (Å²) in [5, 5.41) is 2.69. The first-order valence-corrected chi connectivity index (χ1v) is 15.1. The summed E-state index contributed by atoms with van der Waals surface area (Å²) in [6, 6.07) is 51.6. The van der Waals surface area contributed by atoms with Crippen molar-refractivity contribution in [1.82, 2.24) is 0 Å². The molecule has 0 bridgehead atoms. The predicted molar refractivity (Wildman–Crippen MR) is 166 cm³/mol. The van der Waals surface area contributed by atoms with Crippen molar-refractivity contribution in [2.24, 2.45) is 0 Å². The van der Waals surface area contributed by atoms with Crippen LogP contribution in [0.1, 0.15) is 0 Å². The van der Waals surface area contributed by atoms with E-state index in [1.165, 1.54) is 68.2 Å².